The third-order valence-electron chi connectivity index (χ3n) is 2.90. The molecule has 0 bridgehead atoms. The highest BCUT2D eigenvalue weighted by molar-refractivity contribution is 6.35. The van der Waals surface area contributed by atoms with E-state index in [-0.39, 0.29) is 5.75 Å². The van der Waals surface area contributed by atoms with Crippen LogP contribution in [-0.4, -0.2) is 48.6 Å². The van der Waals surface area contributed by atoms with Crippen LogP contribution in [0, 0.1) is 0 Å². The number of likely N-dealkylation sites (N-methyl/N-ethyl adjacent to an activating group) is 1. The molecule has 0 saturated carbocycles. The maximum Gasteiger partial charge on any atom is 0.138 e. The summed E-state index contributed by atoms with van der Waals surface area (Å²) in [6.45, 7) is 5.72. The molecule has 0 spiro atoms. The molecule has 0 heterocycles. The number of nitrogens with zero attached hydrogens (tertiary/aromatic N) is 2. The first-order valence-electron chi connectivity index (χ1n) is 6.48. The summed E-state index contributed by atoms with van der Waals surface area (Å²) in [4.78, 5) is 4.44. The van der Waals surface area contributed by atoms with Gasteiger partial charge in [0.2, 0.25) is 0 Å². The van der Waals surface area contributed by atoms with Crippen molar-refractivity contribution in [3.63, 3.8) is 0 Å². The van der Waals surface area contributed by atoms with Gasteiger partial charge in [-0.3, -0.25) is 4.90 Å². The van der Waals surface area contributed by atoms with Gasteiger partial charge in [-0.05, 0) is 39.2 Å². The predicted molar refractivity (Wildman–Crippen MR) is 82.2 cm³/mol. The molecule has 0 aromatic heterocycles. The number of hydrogen-bond acceptors (Lipinski definition) is 3. The Labute approximate surface area is 125 Å². The Kier molecular flexibility index (Phi) is 6.94. The van der Waals surface area contributed by atoms with Gasteiger partial charge in [-0.15, -0.1) is 0 Å². The van der Waals surface area contributed by atoms with Gasteiger partial charge in [0.25, 0.3) is 0 Å². The van der Waals surface area contributed by atoms with Gasteiger partial charge in [0.1, 0.15) is 5.75 Å². The molecule has 1 N–H and O–H groups in total. The van der Waals surface area contributed by atoms with Crippen molar-refractivity contribution in [1.82, 2.24) is 9.80 Å². The number of phenolic OH excluding ortho intramolecular Hbond substituents is 1. The zero-order chi connectivity index (χ0) is 14.4. The van der Waals surface area contributed by atoms with Crippen molar-refractivity contribution in [2.75, 3.05) is 33.7 Å². The van der Waals surface area contributed by atoms with E-state index >= 15 is 0 Å². The summed E-state index contributed by atoms with van der Waals surface area (Å²) in [5.41, 5.74) is 0.782. The van der Waals surface area contributed by atoms with Gasteiger partial charge in [-0.2, -0.15) is 0 Å². The van der Waals surface area contributed by atoms with E-state index in [0.717, 1.165) is 31.6 Å². The number of rotatable bonds is 7. The van der Waals surface area contributed by atoms with E-state index in [0.29, 0.717) is 16.6 Å². The smallest absolute Gasteiger partial charge is 0.138 e. The molecule has 0 aliphatic carbocycles. The summed E-state index contributed by atoms with van der Waals surface area (Å²) in [6.07, 6.45) is 1.07. The number of aromatic hydroxyl groups is 1. The highest BCUT2D eigenvalue weighted by atomic mass is 35.5. The molecule has 0 saturated heterocycles. The molecule has 0 amide bonds. The average molecular weight is 305 g/mol. The summed E-state index contributed by atoms with van der Waals surface area (Å²) in [6, 6.07) is 3.34. The van der Waals surface area contributed by atoms with Crippen LogP contribution in [0.2, 0.25) is 10.0 Å². The molecule has 1 aromatic carbocycles. The summed E-state index contributed by atoms with van der Waals surface area (Å²) < 4.78 is 0. The highest BCUT2D eigenvalue weighted by Crippen LogP contribution is 2.31. The van der Waals surface area contributed by atoms with Crippen LogP contribution < -0.4 is 0 Å². The number of halogens is 2. The van der Waals surface area contributed by atoms with Crippen LogP contribution in [-0.2, 0) is 6.54 Å². The van der Waals surface area contributed by atoms with Gasteiger partial charge in [0, 0.05) is 30.2 Å². The second-order valence-corrected chi connectivity index (χ2v) is 5.82. The van der Waals surface area contributed by atoms with Crippen LogP contribution in [0.15, 0.2) is 12.1 Å². The highest BCUT2D eigenvalue weighted by Gasteiger charge is 2.12. The lowest BCUT2D eigenvalue weighted by Crippen LogP contribution is -2.32. The second kappa shape index (κ2) is 7.95. The van der Waals surface area contributed by atoms with Crippen LogP contribution in [0.25, 0.3) is 0 Å². The quantitative estimate of drug-likeness (QED) is 0.835. The van der Waals surface area contributed by atoms with Crippen LogP contribution in [0.1, 0.15) is 18.9 Å². The van der Waals surface area contributed by atoms with Gasteiger partial charge >= 0.3 is 0 Å². The van der Waals surface area contributed by atoms with Crippen molar-refractivity contribution in [1.29, 1.82) is 0 Å². The van der Waals surface area contributed by atoms with Crippen molar-refractivity contribution in [2.24, 2.45) is 0 Å². The molecule has 108 valence electrons. The minimum absolute atomic E-state index is 0.136. The Hall–Kier alpha value is -0.480. The zero-order valence-electron chi connectivity index (χ0n) is 11.8. The Bertz CT molecular complexity index is 411. The van der Waals surface area contributed by atoms with Crippen molar-refractivity contribution in [2.45, 2.75) is 19.9 Å². The largest absolute Gasteiger partial charge is 0.506 e. The average Bonchev–Trinajstić information content (AvgIpc) is 2.32. The lowest BCUT2D eigenvalue weighted by molar-refractivity contribution is 0.231. The molecule has 0 fully saturated rings. The normalized spacial score (nSPS) is 11.5. The fraction of sp³-hybridized carbons (Fsp3) is 0.571. The maximum atomic E-state index is 9.99. The van der Waals surface area contributed by atoms with Crippen LogP contribution in [0.4, 0.5) is 0 Å². The van der Waals surface area contributed by atoms with E-state index in [9.17, 15) is 5.11 Å². The second-order valence-electron chi connectivity index (χ2n) is 4.97. The molecule has 0 radical (unpaired) electrons. The Balaban J connectivity index is 2.78. The zero-order valence-corrected chi connectivity index (χ0v) is 13.3. The fourth-order valence-electron chi connectivity index (χ4n) is 1.91. The number of phenols is 1. The van der Waals surface area contributed by atoms with E-state index in [1.54, 1.807) is 12.1 Å². The maximum absolute atomic E-state index is 9.99. The molecule has 1 rings (SSSR count). The van der Waals surface area contributed by atoms with E-state index in [1.165, 1.54) is 0 Å². The number of benzene rings is 1. The summed E-state index contributed by atoms with van der Waals surface area (Å²) in [7, 11) is 4.11. The van der Waals surface area contributed by atoms with E-state index < -0.39 is 0 Å². The molecular weight excluding hydrogens is 283 g/mol. The third kappa shape index (κ3) is 5.57. The summed E-state index contributed by atoms with van der Waals surface area (Å²) >= 11 is 11.9. The first kappa shape index (κ1) is 16.6. The van der Waals surface area contributed by atoms with E-state index in [4.69, 9.17) is 23.2 Å². The molecule has 19 heavy (non-hydrogen) atoms. The molecule has 0 aliphatic rings. The van der Waals surface area contributed by atoms with Gasteiger partial charge in [0.05, 0.1) is 5.02 Å². The monoisotopic (exact) mass is 304 g/mol. The minimum atomic E-state index is 0.136. The lowest BCUT2D eigenvalue weighted by atomic mass is 10.2. The number of hydrogen-bond donors (Lipinski definition) is 1. The van der Waals surface area contributed by atoms with E-state index in [2.05, 4.69) is 30.8 Å². The first-order valence-corrected chi connectivity index (χ1v) is 7.23. The van der Waals surface area contributed by atoms with E-state index in [1.807, 2.05) is 0 Å². The minimum Gasteiger partial charge on any atom is -0.506 e. The summed E-state index contributed by atoms with van der Waals surface area (Å²) in [5, 5.41) is 10.9. The molecule has 5 heteroatoms. The Morgan fingerprint density at radius 1 is 1.11 bits per heavy atom. The van der Waals surface area contributed by atoms with Crippen LogP contribution >= 0.6 is 23.2 Å². The predicted octanol–water partition coefficient (Wildman–Crippen LogP) is 3.47. The first-order chi connectivity index (χ1) is 8.93. The Morgan fingerprint density at radius 3 is 2.37 bits per heavy atom. The van der Waals surface area contributed by atoms with Crippen molar-refractivity contribution in [3.8, 4) is 5.75 Å². The molecular formula is C14H22Cl2N2O. The van der Waals surface area contributed by atoms with Crippen molar-refractivity contribution >= 4 is 23.2 Å². The van der Waals surface area contributed by atoms with Gasteiger partial charge in [-0.25, -0.2) is 0 Å². The van der Waals surface area contributed by atoms with Crippen molar-refractivity contribution in [3.05, 3.63) is 27.7 Å². The summed E-state index contributed by atoms with van der Waals surface area (Å²) in [5.74, 6) is 0.136. The SMILES string of the molecule is CCCN(CCN(C)C)Cc1cc(Cl)cc(Cl)c1O. The fourth-order valence-corrected chi connectivity index (χ4v) is 2.44. The third-order valence-corrected chi connectivity index (χ3v) is 3.41. The Morgan fingerprint density at radius 2 is 1.79 bits per heavy atom. The van der Waals surface area contributed by atoms with Gasteiger partial charge in [0.15, 0.2) is 0 Å². The van der Waals surface area contributed by atoms with Gasteiger partial charge in [-0.1, -0.05) is 30.1 Å². The van der Waals surface area contributed by atoms with Crippen LogP contribution in [0.5, 0.6) is 5.75 Å². The molecule has 3 nitrogen and oxygen atoms in total. The van der Waals surface area contributed by atoms with Crippen LogP contribution in [0.3, 0.4) is 0 Å². The molecule has 0 atom stereocenters. The standard InChI is InChI=1S/C14H22Cl2N2O/c1-4-5-18(7-6-17(2)3)10-11-8-12(15)9-13(16)14(11)19/h8-9,19H,4-7,10H2,1-3H3. The van der Waals surface area contributed by atoms with Crippen molar-refractivity contribution < 1.29 is 5.11 Å². The topological polar surface area (TPSA) is 26.7 Å². The molecule has 0 unspecified atom stereocenters. The van der Waals surface area contributed by atoms with Gasteiger partial charge < -0.3 is 10.0 Å². The molecule has 0 aliphatic heterocycles. The molecule has 1 aromatic rings. The lowest BCUT2D eigenvalue weighted by Gasteiger charge is -2.24.